The first-order valence-electron chi connectivity index (χ1n) is 23.8. The third-order valence-electron chi connectivity index (χ3n) is 15.0. The summed E-state index contributed by atoms with van der Waals surface area (Å²) in [6, 6.07) is 68.2. The van der Waals surface area contributed by atoms with Crippen molar-refractivity contribution in [2.45, 2.75) is 0 Å². The number of fused-ring (bicyclic) bond motifs is 5. The maximum absolute atomic E-state index is 6.71. The van der Waals surface area contributed by atoms with E-state index in [1.165, 1.54) is 105 Å². The highest BCUT2D eigenvalue weighted by Crippen LogP contribution is 2.41. The SMILES string of the molecule is Bc1c(B)c(N(c2cccc(-c3cccc4oc5c6ccccc6ccc5c34)c2)c2c(B)c(B)c(-c3cccc(-c4ccccc4)c3)c(B)c2B)c(B)c(B)c1-c1ccc(-c2ccccc2)cc1. The van der Waals surface area contributed by atoms with E-state index in [0.717, 1.165) is 44.1 Å². The van der Waals surface area contributed by atoms with Crippen LogP contribution in [0.25, 0.3) is 88.3 Å². The molecule has 11 aromatic rings. The second-order valence-electron chi connectivity index (χ2n) is 18.7. The Morgan fingerprint density at radius 1 is 0.324 bits per heavy atom. The van der Waals surface area contributed by atoms with Crippen LogP contribution in [0.1, 0.15) is 0 Å². The van der Waals surface area contributed by atoms with Crippen LogP contribution in [0, 0.1) is 0 Å². The lowest BCUT2D eigenvalue weighted by Crippen LogP contribution is -2.50. The molecule has 314 valence electrons. The molecule has 11 rings (SSSR count). The quantitative estimate of drug-likeness (QED) is 0.219. The van der Waals surface area contributed by atoms with E-state index >= 15 is 0 Å². The molecule has 0 fully saturated rings. The van der Waals surface area contributed by atoms with Crippen LogP contribution in [0.5, 0.6) is 0 Å². The van der Waals surface area contributed by atoms with E-state index in [4.69, 9.17) is 4.42 Å². The van der Waals surface area contributed by atoms with Crippen LogP contribution in [0.4, 0.5) is 17.1 Å². The first kappa shape index (κ1) is 43.2. The van der Waals surface area contributed by atoms with Crippen molar-refractivity contribution in [2.75, 3.05) is 4.90 Å². The Hall–Kier alpha value is -7.42. The average molecular weight is 861 g/mol. The molecular weight excluding hydrogens is 813 g/mol. The van der Waals surface area contributed by atoms with Crippen molar-refractivity contribution in [1.82, 2.24) is 0 Å². The maximum Gasteiger partial charge on any atom is 0.143 e. The molecule has 0 radical (unpaired) electrons. The Kier molecular flexibility index (Phi) is 11.0. The Morgan fingerprint density at radius 3 is 1.46 bits per heavy atom. The number of hydrogen-bond acceptors (Lipinski definition) is 2. The maximum atomic E-state index is 6.71. The first-order chi connectivity index (χ1) is 33.1. The van der Waals surface area contributed by atoms with E-state index in [1.807, 2.05) is 0 Å². The summed E-state index contributed by atoms with van der Waals surface area (Å²) >= 11 is 0. The number of benzene rings is 10. The van der Waals surface area contributed by atoms with Crippen LogP contribution in [0.3, 0.4) is 0 Å². The first-order valence-corrected chi connectivity index (χ1v) is 23.8. The summed E-state index contributed by atoms with van der Waals surface area (Å²) in [6.07, 6.45) is 0. The number of hydrogen-bond donors (Lipinski definition) is 0. The molecule has 2 nitrogen and oxygen atoms in total. The Bertz CT molecular complexity index is 3720. The normalized spacial score (nSPS) is 11.4. The lowest BCUT2D eigenvalue weighted by atomic mass is 9.63. The Morgan fingerprint density at radius 2 is 0.809 bits per heavy atom. The third kappa shape index (κ3) is 7.17. The summed E-state index contributed by atoms with van der Waals surface area (Å²) < 4.78 is 6.71. The molecule has 0 aliphatic heterocycles. The molecule has 0 aliphatic rings. The molecule has 0 amide bonds. The topological polar surface area (TPSA) is 16.4 Å². The summed E-state index contributed by atoms with van der Waals surface area (Å²) in [6.45, 7) is 0. The van der Waals surface area contributed by atoms with Gasteiger partial charge in [-0.1, -0.05) is 201 Å². The van der Waals surface area contributed by atoms with Gasteiger partial charge in [-0.05, 0) is 91.4 Å². The van der Waals surface area contributed by atoms with Gasteiger partial charge in [0.05, 0.1) is 0 Å². The van der Waals surface area contributed by atoms with Crippen molar-refractivity contribution in [1.29, 1.82) is 0 Å². The van der Waals surface area contributed by atoms with E-state index in [-0.39, 0.29) is 0 Å². The fraction of sp³-hybridized carbons (Fsp3) is 0. The monoisotopic (exact) mass is 861 g/mol. The van der Waals surface area contributed by atoms with E-state index < -0.39 is 0 Å². The number of furan rings is 1. The molecule has 0 spiro atoms. The molecule has 0 unspecified atom stereocenters. The van der Waals surface area contributed by atoms with Gasteiger partial charge in [-0.3, -0.25) is 0 Å². The van der Waals surface area contributed by atoms with Gasteiger partial charge in [-0.15, -0.1) is 0 Å². The lowest BCUT2D eigenvalue weighted by Gasteiger charge is -2.36. The number of anilines is 3. The highest BCUT2D eigenvalue weighted by Gasteiger charge is 2.27. The van der Waals surface area contributed by atoms with Gasteiger partial charge < -0.3 is 9.32 Å². The molecule has 1 aromatic heterocycles. The molecule has 10 heteroatoms. The summed E-state index contributed by atoms with van der Waals surface area (Å²) in [5.74, 6) is 0. The van der Waals surface area contributed by atoms with Crippen molar-refractivity contribution in [3.63, 3.8) is 0 Å². The zero-order chi connectivity index (χ0) is 46.8. The zero-order valence-corrected chi connectivity index (χ0v) is 40.3. The highest BCUT2D eigenvalue weighted by molar-refractivity contribution is 6.65. The number of rotatable bonds is 8. The predicted octanol–water partition coefficient (Wildman–Crippen LogP) is 2.61. The van der Waals surface area contributed by atoms with Gasteiger partial charge in [0, 0.05) is 33.2 Å². The van der Waals surface area contributed by atoms with E-state index in [0.29, 0.717) is 0 Å². The molecule has 0 saturated heterocycles. The van der Waals surface area contributed by atoms with Crippen molar-refractivity contribution in [3.8, 4) is 55.6 Å². The van der Waals surface area contributed by atoms with Crippen LogP contribution < -0.4 is 48.6 Å². The largest absolute Gasteiger partial charge is 0.455 e. The zero-order valence-electron chi connectivity index (χ0n) is 40.3. The second-order valence-corrected chi connectivity index (χ2v) is 18.7. The van der Waals surface area contributed by atoms with E-state index in [1.54, 1.807) is 0 Å². The van der Waals surface area contributed by atoms with Gasteiger partial charge >= 0.3 is 0 Å². The van der Waals surface area contributed by atoms with Gasteiger partial charge in [-0.25, -0.2) is 0 Å². The standard InChI is InChI=1S/C58H47B8NO/c59-48-45(36-26-24-34(25-27-36)32-12-3-1-4-13-32)49(60)53(64)56(52(48)63)67(57-54(65)50(61)46(51(62)55(57)66)39-19-9-17-37(30-39)33-14-5-2-6-15-33)40-20-10-18-38(31-40)41-22-11-23-44-47(41)43-29-28-35-16-7-8-21-42(35)58(43)68-44/h1-31H,59-66H2. The highest BCUT2D eigenvalue weighted by atomic mass is 16.3. The molecule has 0 atom stereocenters. The van der Waals surface area contributed by atoms with Crippen molar-refractivity contribution in [2.24, 2.45) is 0 Å². The smallest absolute Gasteiger partial charge is 0.143 e. The molecule has 0 N–H and O–H groups in total. The van der Waals surface area contributed by atoms with Crippen molar-refractivity contribution in [3.05, 3.63) is 188 Å². The summed E-state index contributed by atoms with van der Waals surface area (Å²) in [5, 5.41) is 4.58. The van der Waals surface area contributed by atoms with Gasteiger partial charge in [0.25, 0.3) is 0 Å². The van der Waals surface area contributed by atoms with Crippen LogP contribution in [-0.4, -0.2) is 62.8 Å². The predicted molar refractivity (Wildman–Crippen MR) is 319 cm³/mol. The Labute approximate surface area is 407 Å². The van der Waals surface area contributed by atoms with E-state index in [2.05, 4.69) is 256 Å². The van der Waals surface area contributed by atoms with Gasteiger partial charge in [0.15, 0.2) is 0 Å². The molecule has 0 bridgehead atoms. The fourth-order valence-corrected chi connectivity index (χ4v) is 11.0. The van der Waals surface area contributed by atoms with E-state index in [9.17, 15) is 0 Å². The molecule has 10 aromatic carbocycles. The van der Waals surface area contributed by atoms with Gasteiger partial charge in [-0.2, -0.15) is 0 Å². The average Bonchev–Trinajstić information content (AvgIpc) is 3.78. The molecule has 0 saturated carbocycles. The summed E-state index contributed by atoms with van der Waals surface area (Å²) in [5.41, 5.74) is 27.9. The third-order valence-corrected chi connectivity index (χ3v) is 15.0. The minimum Gasteiger partial charge on any atom is -0.455 e. The molecule has 68 heavy (non-hydrogen) atoms. The summed E-state index contributed by atoms with van der Waals surface area (Å²) in [4.78, 5) is 2.59. The van der Waals surface area contributed by atoms with Crippen LogP contribution in [-0.2, 0) is 0 Å². The fourth-order valence-electron chi connectivity index (χ4n) is 11.0. The van der Waals surface area contributed by atoms with Gasteiger partial charge in [0.1, 0.15) is 73.9 Å². The van der Waals surface area contributed by atoms with Crippen LogP contribution in [0.2, 0.25) is 0 Å². The van der Waals surface area contributed by atoms with Gasteiger partial charge in [0.2, 0.25) is 0 Å². The Balaban J connectivity index is 1.12. The minimum atomic E-state index is 0.895. The minimum absolute atomic E-state index is 0.895. The summed E-state index contributed by atoms with van der Waals surface area (Å²) in [7, 11) is 18.6. The van der Waals surface area contributed by atoms with Crippen molar-refractivity contribution >= 4 is 156 Å². The lowest BCUT2D eigenvalue weighted by molar-refractivity contribution is 0.673. The molecule has 0 aliphatic carbocycles. The molecular formula is C58H47B8NO. The van der Waals surface area contributed by atoms with Crippen LogP contribution >= 0.6 is 0 Å². The van der Waals surface area contributed by atoms with Crippen LogP contribution in [0.15, 0.2) is 192 Å². The van der Waals surface area contributed by atoms with Crippen molar-refractivity contribution < 1.29 is 4.42 Å². The molecule has 1 heterocycles. The second kappa shape index (κ2) is 17.3. The number of nitrogens with zero attached hydrogens (tertiary/aromatic N) is 1.